The highest BCUT2D eigenvalue weighted by Gasteiger charge is 2.33. The summed E-state index contributed by atoms with van der Waals surface area (Å²) in [5.41, 5.74) is 5.66. The van der Waals surface area contributed by atoms with Crippen LogP contribution in [0.3, 0.4) is 0 Å². The van der Waals surface area contributed by atoms with Crippen LogP contribution in [0.4, 0.5) is 0 Å². The summed E-state index contributed by atoms with van der Waals surface area (Å²) < 4.78 is 0. The fourth-order valence-electron chi connectivity index (χ4n) is 3.16. The number of hydrogen-bond acceptors (Lipinski definition) is 3. The quantitative estimate of drug-likeness (QED) is 0.764. The van der Waals surface area contributed by atoms with Crippen LogP contribution in [0, 0.1) is 11.8 Å². The third kappa shape index (κ3) is 2.99. The highest BCUT2D eigenvalue weighted by atomic mass is 16.2. The summed E-state index contributed by atoms with van der Waals surface area (Å²) in [6, 6.07) is -0.341. The first-order valence-electron chi connectivity index (χ1n) is 6.81. The van der Waals surface area contributed by atoms with Gasteiger partial charge >= 0.3 is 0 Å². The second-order valence-corrected chi connectivity index (χ2v) is 5.76. The Morgan fingerprint density at radius 2 is 1.76 bits per heavy atom. The van der Waals surface area contributed by atoms with Gasteiger partial charge in [0.2, 0.25) is 5.91 Å². The lowest BCUT2D eigenvalue weighted by Crippen LogP contribution is -2.41. The molecule has 2 atom stereocenters. The molecule has 0 aliphatic carbocycles. The van der Waals surface area contributed by atoms with Crippen LogP contribution in [-0.4, -0.2) is 55.0 Å². The van der Waals surface area contributed by atoms with Crippen LogP contribution >= 0.6 is 0 Å². The number of carbonyl (C=O) groups excluding carboxylic acids is 1. The lowest BCUT2D eigenvalue weighted by molar-refractivity contribution is -0.131. The molecule has 0 saturated carbocycles. The van der Waals surface area contributed by atoms with E-state index in [-0.39, 0.29) is 11.9 Å². The predicted molar refractivity (Wildman–Crippen MR) is 68.6 cm³/mol. The van der Waals surface area contributed by atoms with E-state index in [9.17, 15) is 4.79 Å². The summed E-state index contributed by atoms with van der Waals surface area (Å²) >= 11 is 0. The molecule has 4 nitrogen and oxygen atoms in total. The Hall–Kier alpha value is -0.610. The first-order valence-corrected chi connectivity index (χ1v) is 6.81. The molecule has 0 aromatic heterocycles. The molecule has 2 aliphatic rings. The smallest absolute Gasteiger partial charge is 0.239 e. The van der Waals surface area contributed by atoms with Crippen molar-refractivity contribution in [2.24, 2.45) is 17.6 Å². The lowest BCUT2D eigenvalue weighted by Gasteiger charge is -2.32. The molecular formula is C13H25N3O. The van der Waals surface area contributed by atoms with Crippen molar-refractivity contribution in [1.82, 2.24) is 9.80 Å². The van der Waals surface area contributed by atoms with Crippen molar-refractivity contribution >= 4 is 5.91 Å². The first kappa shape index (κ1) is 12.8. The van der Waals surface area contributed by atoms with Crippen molar-refractivity contribution in [1.29, 1.82) is 0 Å². The summed E-state index contributed by atoms with van der Waals surface area (Å²) in [6.45, 7) is 6.06. The second-order valence-electron chi connectivity index (χ2n) is 5.76. The van der Waals surface area contributed by atoms with Crippen LogP contribution in [0.15, 0.2) is 0 Å². The van der Waals surface area contributed by atoms with Crippen LogP contribution in [0.5, 0.6) is 0 Å². The van der Waals surface area contributed by atoms with Crippen LogP contribution in [0.25, 0.3) is 0 Å². The molecule has 98 valence electrons. The number of hydrogen-bond donors (Lipinski definition) is 1. The van der Waals surface area contributed by atoms with Gasteiger partial charge in [-0.3, -0.25) is 4.79 Å². The molecule has 0 aromatic rings. The van der Waals surface area contributed by atoms with Gasteiger partial charge in [-0.1, -0.05) is 0 Å². The molecule has 17 heavy (non-hydrogen) atoms. The van der Waals surface area contributed by atoms with E-state index in [1.807, 2.05) is 4.90 Å². The largest absolute Gasteiger partial charge is 0.341 e. The van der Waals surface area contributed by atoms with E-state index in [1.54, 1.807) is 6.92 Å². The maximum atomic E-state index is 11.8. The molecule has 2 aliphatic heterocycles. The zero-order valence-electron chi connectivity index (χ0n) is 11.1. The summed E-state index contributed by atoms with van der Waals surface area (Å²) in [5, 5.41) is 0. The van der Waals surface area contributed by atoms with Crippen molar-refractivity contribution in [3.8, 4) is 0 Å². The van der Waals surface area contributed by atoms with E-state index in [1.165, 1.54) is 32.4 Å². The number of likely N-dealkylation sites (tertiary alicyclic amines) is 2. The summed E-state index contributed by atoms with van der Waals surface area (Å²) in [4.78, 5) is 16.2. The molecule has 1 amide bonds. The van der Waals surface area contributed by atoms with Crippen molar-refractivity contribution in [2.45, 2.75) is 32.2 Å². The topological polar surface area (TPSA) is 49.6 Å². The molecule has 2 fully saturated rings. The standard InChI is InChI=1S/C13H25N3O/c1-10(14)13(17)16-8-5-12(9-16)11-3-6-15(2)7-4-11/h10-12H,3-9,14H2,1-2H3. The molecule has 0 bridgehead atoms. The molecular weight excluding hydrogens is 214 g/mol. The van der Waals surface area contributed by atoms with Gasteiger partial charge in [-0.2, -0.15) is 0 Å². The monoisotopic (exact) mass is 239 g/mol. The van der Waals surface area contributed by atoms with Gasteiger partial charge in [0.25, 0.3) is 0 Å². The van der Waals surface area contributed by atoms with Crippen LogP contribution in [0.1, 0.15) is 26.2 Å². The molecule has 2 rings (SSSR count). The highest BCUT2D eigenvalue weighted by Crippen LogP contribution is 2.31. The van der Waals surface area contributed by atoms with E-state index in [2.05, 4.69) is 11.9 Å². The zero-order valence-corrected chi connectivity index (χ0v) is 11.1. The molecule has 2 saturated heterocycles. The maximum Gasteiger partial charge on any atom is 0.239 e. The minimum absolute atomic E-state index is 0.125. The average Bonchev–Trinajstić information content (AvgIpc) is 2.78. The van der Waals surface area contributed by atoms with Crippen molar-refractivity contribution in [3.63, 3.8) is 0 Å². The van der Waals surface area contributed by atoms with Crippen molar-refractivity contribution < 1.29 is 4.79 Å². The van der Waals surface area contributed by atoms with E-state index >= 15 is 0 Å². The van der Waals surface area contributed by atoms with Gasteiger partial charge in [-0.15, -0.1) is 0 Å². The van der Waals surface area contributed by atoms with Gasteiger partial charge in [0.05, 0.1) is 6.04 Å². The fraction of sp³-hybridized carbons (Fsp3) is 0.923. The van der Waals surface area contributed by atoms with Gasteiger partial charge in [0.15, 0.2) is 0 Å². The number of nitrogens with zero attached hydrogens (tertiary/aromatic N) is 2. The third-order valence-electron chi connectivity index (χ3n) is 4.36. The Labute approximate surface area is 104 Å². The highest BCUT2D eigenvalue weighted by molar-refractivity contribution is 5.81. The predicted octanol–water partition coefficient (Wildman–Crippen LogP) is 0.524. The van der Waals surface area contributed by atoms with Crippen molar-refractivity contribution in [3.05, 3.63) is 0 Å². The van der Waals surface area contributed by atoms with E-state index in [0.29, 0.717) is 5.92 Å². The van der Waals surface area contributed by atoms with Gasteiger partial charge in [-0.05, 0) is 58.2 Å². The van der Waals surface area contributed by atoms with E-state index in [0.717, 1.165) is 19.0 Å². The van der Waals surface area contributed by atoms with Gasteiger partial charge in [-0.25, -0.2) is 0 Å². The molecule has 2 unspecified atom stereocenters. The zero-order chi connectivity index (χ0) is 12.4. The van der Waals surface area contributed by atoms with Gasteiger partial charge in [0.1, 0.15) is 0 Å². The summed E-state index contributed by atoms with van der Waals surface area (Å²) in [6.07, 6.45) is 3.76. The lowest BCUT2D eigenvalue weighted by atomic mass is 9.84. The van der Waals surface area contributed by atoms with Gasteiger partial charge in [0, 0.05) is 13.1 Å². The number of carbonyl (C=O) groups is 1. The number of piperidine rings is 1. The Kier molecular flexibility index (Phi) is 4.05. The molecule has 0 radical (unpaired) electrons. The minimum Gasteiger partial charge on any atom is -0.341 e. The number of amides is 1. The van der Waals surface area contributed by atoms with Crippen LogP contribution in [-0.2, 0) is 4.79 Å². The van der Waals surface area contributed by atoms with E-state index in [4.69, 9.17) is 5.73 Å². The Morgan fingerprint density at radius 3 is 2.35 bits per heavy atom. The van der Waals surface area contributed by atoms with Crippen LogP contribution < -0.4 is 5.73 Å². The minimum atomic E-state index is -0.341. The molecule has 0 spiro atoms. The molecule has 0 aromatic carbocycles. The summed E-state index contributed by atoms with van der Waals surface area (Å²) in [7, 11) is 2.19. The Bertz CT molecular complexity index is 272. The second kappa shape index (κ2) is 5.36. The Balaban J connectivity index is 1.83. The third-order valence-corrected chi connectivity index (χ3v) is 4.36. The normalized spacial score (nSPS) is 29.6. The molecule has 4 heteroatoms. The maximum absolute atomic E-state index is 11.8. The molecule has 2 N–H and O–H groups in total. The molecule has 2 heterocycles. The number of nitrogens with two attached hydrogens (primary N) is 1. The Morgan fingerprint density at radius 1 is 1.18 bits per heavy atom. The van der Waals surface area contributed by atoms with E-state index < -0.39 is 0 Å². The first-order chi connectivity index (χ1) is 8.08. The number of rotatable bonds is 2. The fourth-order valence-corrected chi connectivity index (χ4v) is 3.16. The van der Waals surface area contributed by atoms with Crippen molar-refractivity contribution in [2.75, 3.05) is 33.2 Å². The summed E-state index contributed by atoms with van der Waals surface area (Å²) in [5.74, 6) is 1.66. The SMILES string of the molecule is CC(N)C(=O)N1CCC(C2CCN(C)CC2)C1. The van der Waals surface area contributed by atoms with Crippen LogP contribution in [0.2, 0.25) is 0 Å². The average molecular weight is 239 g/mol. The van der Waals surface area contributed by atoms with Gasteiger partial charge < -0.3 is 15.5 Å².